The van der Waals surface area contributed by atoms with Gasteiger partial charge in [-0.05, 0) is 0 Å². The maximum atomic E-state index is 11.0. The molecule has 0 unspecified atom stereocenters. The van der Waals surface area contributed by atoms with Crippen molar-refractivity contribution in [3.63, 3.8) is 0 Å². The Hall–Kier alpha value is -0.640. The van der Waals surface area contributed by atoms with Crippen molar-refractivity contribution in [3.05, 3.63) is 0 Å². The first-order valence-electron chi connectivity index (χ1n) is 1.65. The average molecular weight is 108 g/mol. The lowest BCUT2D eigenvalue weighted by atomic mass is 10.4. The van der Waals surface area contributed by atoms with E-state index in [1.165, 1.54) is 0 Å². The largest absolute Gasteiger partial charge is 0.479 e. The fraction of sp³-hybridized carbons (Fsp3) is 0.667. The molecule has 0 aromatic rings. The van der Waals surface area contributed by atoms with Crippen LogP contribution in [0, 0.1) is 0 Å². The van der Waals surface area contributed by atoms with Crippen LogP contribution in [0.5, 0.6) is 0 Å². The second-order valence-corrected chi connectivity index (χ2v) is 1.01. The van der Waals surface area contributed by atoms with Gasteiger partial charge in [-0.15, -0.1) is 0 Å². The number of aliphatic hydroxyl groups excluding tert-OH is 1. The van der Waals surface area contributed by atoms with Crippen LogP contribution >= 0.6 is 0 Å². The van der Waals surface area contributed by atoms with Crippen LogP contribution in [0.4, 0.5) is 4.39 Å². The van der Waals surface area contributed by atoms with Crippen molar-refractivity contribution >= 4 is 5.97 Å². The molecule has 0 saturated carbocycles. The molecule has 2 N–H and O–H groups in total. The molecule has 42 valence electrons. The summed E-state index contributed by atoms with van der Waals surface area (Å²) in [6.45, 7) is -1.23. The maximum absolute atomic E-state index is 11.0. The van der Waals surface area contributed by atoms with Crippen molar-refractivity contribution in [1.82, 2.24) is 0 Å². The predicted molar refractivity (Wildman–Crippen MR) is 19.6 cm³/mol. The van der Waals surface area contributed by atoms with E-state index in [1.807, 2.05) is 0 Å². The van der Waals surface area contributed by atoms with Gasteiger partial charge < -0.3 is 10.2 Å². The number of carbonyl (C=O) groups is 1. The zero-order valence-corrected chi connectivity index (χ0v) is 3.47. The Morgan fingerprint density at radius 3 is 2.29 bits per heavy atom. The summed E-state index contributed by atoms with van der Waals surface area (Å²) in [4.78, 5) is 9.44. The monoisotopic (exact) mass is 108 g/mol. The van der Waals surface area contributed by atoms with Crippen LogP contribution in [0.2, 0.25) is 0 Å². The van der Waals surface area contributed by atoms with Crippen molar-refractivity contribution in [2.24, 2.45) is 0 Å². The number of hydrogen-bond donors (Lipinski definition) is 2. The normalized spacial score (nSPS) is 13.4. The van der Waals surface area contributed by atoms with Gasteiger partial charge in [-0.1, -0.05) is 0 Å². The van der Waals surface area contributed by atoms with Crippen LogP contribution in [0.15, 0.2) is 0 Å². The molecule has 0 saturated heterocycles. The van der Waals surface area contributed by atoms with Gasteiger partial charge in [0.2, 0.25) is 0 Å². The number of rotatable bonds is 2. The van der Waals surface area contributed by atoms with E-state index in [9.17, 15) is 9.18 Å². The molecule has 0 aliphatic rings. The highest BCUT2D eigenvalue weighted by Crippen LogP contribution is 1.80. The summed E-state index contributed by atoms with van der Waals surface area (Å²) in [5.74, 6) is -1.53. The Morgan fingerprint density at radius 1 is 1.86 bits per heavy atom. The molecule has 0 aromatic heterocycles. The average Bonchev–Trinajstić information content (AvgIpc) is 1.65. The van der Waals surface area contributed by atoms with E-state index in [1.54, 1.807) is 0 Å². The van der Waals surface area contributed by atoms with Crippen molar-refractivity contribution in [2.75, 3.05) is 6.67 Å². The molecule has 4 heteroatoms. The van der Waals surface area contributed by atoms with Crippen molar-refractivity contribution in [2.45, 2.75) is 6.10 Å². The summed E-state index contributed by atoms with van der Waals surface area (Å²) in [6, 6.07) is 0. The van der Waals surface area contributed by atoms with E-state index >= 15 is 0 Å². The molecule has 0 fully saturated rings. The molecular weight excluding hydrogens is 103 g/mol. The minimum Gasteiger partial charge on any atom is -0.479 e. The zero-order valence-electron chi connectivity index (χ0n) is 3.47. The third-order valence-corrected chi connectivity index (χ3v) is 0.431. The Kier molecular flexibility index (Phi) is 2.29. The lowest BCUT2D eigenvalue weighted by Gasteiger charge is -1.93. The van der Waals surface area contributed by atoms with Gasteiger partial charge in [-0.3, -0.25) is 0 Å². The van der Waals surface area contributed by atoms with Gasteiger partial charge in [0.15, 0.2) is 6.10 Å². The molecule has 0 aromatic carbocycles. The number of alkyl halides is 1. The summed E-state index contributed by atoms with van der Waals surface area (Å²) >= 11 is 0. The van der Waals surface area contributed by atoms with E-state index in [2.05, 4.69) is 0 Å². The van der Waals surface area contributed by atoms with Gasteiger partial charge in [-0.2, -0.15) is 0 Å². The Morgan fingerprint density at radius 2 is 2.29 bits per heavy atom. The summed E-state index contributed by atoms with van der Waals surface area (Å²) < 4.78 is 11.0. The number of halogens is 1. The molecule has 0 aliphatic carbocycles. The molecule has 0 aliphatic heterocycles. The standard InChI is InChI=1S/C3H5FO3/c4-1-2(5)3(6)7/h2,5H,1H2,(H,6,7)/t2-/m0/s1. The Balaban J connectivity index is 3.34. The number of carboxylic acid groups (broad SMARTS) is 1. The first-order chi connectivity index (χ1) is 3.18. The molecule has 0 heterocycles. The van der Waals surface area contributed by atoms with E-state index in [4.69, 9.17) is 10.2 Å². The topological polar surface area (TPSA) is 57.5 Å². The van der Waals surface area contributed by atoms with Gasteiger partial charge >= 0.3 is 5.97 Å². The van der Waals surface area contributed by atoms with Crippen molar-refractivity contribution in [3.8, 4) is 0 Å². The summed E-state index contributed by atoms with van der Waals surface area (Å²) in [7, 11) is 0. The number of carboxylic acids is 1. The SMILES string of the molecule is O=C(O)[C@@H](O)CF. The molecule has 3 nitrogen and oxygen atoms in total. The van der Waals surface area contributed by atoms with Crippen molar-refractivity contribution in [1.29, 1.82) is 0 Å². The summed E-state index contributed by atoms with van der Waals surface area (Å²) in [5.41, 5.74) is 0. The van der Waals surface area contributed by atoms with Crippen LogP contribution < -0.4 is 0 Å². The van der Waals surface area contributed by atoms with Crippen LogP contribution in [0.3, 0.4) is 0 Å². The molecule has 0 amide bonds. The quantitative estimate of drug-likeness (QED) is 0.496. The Labute approximate surface area is 39.4 Å². The maximum Gasteiger partial charge on any atom is 0.335 e. The highest BCUT2D eigenvalue weighted by molar-refractivity contribution is 5.71. The molecule has 0 spiro atoms. The number of hydrogen-bond acceptors (Lipinski definition) is 2. The molecule has 0 radical (unpaired) electrons. The van der Waals surface area contributed by atoms with Gasteiger partial charge in [0.05, 0.1) is 0 Å². The van der Waals surface area contributed by atoms with Crippen LogP contribution in [0.1, 0.15) is 0 Å². The molecular formula is C3H5FO3. The number of aliphatic carboxylic acids is 1. The van der Waals surface area contributed by atoms with E-state index in [0.29, 0.717) is 0 Å². The van der Waals surface area contributed by atoms with Crippen molar-refractivity contribution < 1.29 is 19.4 Å². The van der Waals surface area contributed by atoms with E-state index < -0.39 is 18.7 Å². The van der Waals surface area contributed by atoms with E-state index in [-0.39, 0.29) is 0 Å². The fourth-order valence-corrected chi connectivity index (χ4v) is 0.0660. The minimum absolute atomic E-state index is 1.23. The highest BCUT2D eigenvalue weighted by Gasteiger charge is 2.10. The Bertz CT molecular complexity index is 72.6. The first-order valence-corrected chi connectivity index (χ1v) is 1.65. The van der Waals surface area contributed by atoms with Crippen LogP contribution in [-0.2, 0) is 4.79 Å². The molecule has 1 atom stereocenters. The molecule has 7 heavy (non-hydrogen) atoms. The third-order valence-electron chi connectivity index (χ3n) is 0.431. The second-order valence-electron chi connectivity index (χ2n) is 1.01. The minimum atomic E-state index is -1.85. The molecule has 0 rings (SSSR count). The van der Waals surface area contributed by atoms with Gasteiger partial charge in [-0.25, -0.2) is 9.18 Å². The van der Waals surface area contributed by atoms with Crippen LogP contribution in [0.25, 0.3) is 0 Å². The lowest BCUT2D eigenvalue weighted by Crippen LogP contribution is -2.20. The molecule has 0 bridgehead atoms. The van der Waals surface area contributed by atoms with Gasteiger partial charge in [0, 0.05) is 0 Å². The van der Waals surface area contributed by atoms with E-state index in [0.717, 1.165) is 0 Å². The second kappa shape index (κ2) is 2.52. The van der Waals surface area contributed by atoms with Crippen LogP contribution in [-0.4, -0.2) is 29.0 Å². The van der Waals surface area contributed by atoms with Gasteiger partial charge in [0.1, 0.15) is 6.67 Å². The zero-order chi connectivity index (χ0) is 5.86. The predicted octanol–water partition coefficient (Wildman–Crippen LogP) is -0.599. The smallest absolute Gasteiger partial charge is 0.335 e. The van der Waals surface area contributed by atoms with Gasteiger partial charge in [0.25, 0.3) is 0 Å². The number of aliphatic hydroxyl groups is 1. The fourth-order valence-electron chi connectivity index (χ4n) is 0.0660. The lowest BCUT2D eigenvalue weighted by molar-refractivity contribution is -0.147. The summed E-state index contributed by atoms with van der Waals surface area (Å²) in [5, 5.41) is 15.7. The highest BCUT2D eigenvalue weighted by atomic mass is 19.1. The first kappa shape index (κ1) is 6.36. The third kappa shape index (κ3) is 2.11. The summed E-state index contributed by atoms with van der Waals surface area (Å²) in [6.07, 6.45) is -1.85.